The molecule has 0 nitrogen and oxygen atoms in total. The predicted molar refractivity (Wildman–Crippen MR) is 74.9 cm³/mol. The quantitative estimate of drug-likeness (QED) is 0.552. The lowest BCUT2D eigenvalue weighted by molar-refractivity contribution is 1.07. The van der Waals surface area contributed by atoms with E-state index in [0.29, 0.717) is 9.52 Å². The number of hydrogen-bond acceptors (Lipinski definition) is 0. The van der Waals surface area contributed by atoms with Crippen molar-refractivity contribution >= 4 is 9.52 Å². The maximum atomic E-state index is 2.35. The van der Waals surface area contributed by atoms with E-state index in [0.717, 1.165) is 0 Å². The highest BCUT2D eigenvalue weighted by atomic mass is 28.2. The molecule has 13 heavy (non-hydrogen) atoms. The zero-order valence-electron chi connectivity index (χ0n) is 12.1. The molecule has 0 aliphatic heterocycles. The molecule has 0 aliphatic carbocycles. The molecule has 0 unspecified atom stereocenters. The Labute approximate surface area is 91.4 Å². The lowest BCUT2D eigenvalue weighted by atomic mass is 10.6. The SMILES string of the molecule is CC.CC.CC.CC.CCC[SiH2]C. The predicted octanol–water partition coefficient (Wildman–Crippen LogP) is 5.14. The van der Waals surface area contributed by atoms with Crippen molar-refractivity contribution in [2.24, 2.45) is 0 Å². The van der Waals surface area contributed by atoms with Gasteiger partial charge in [-0.2, -0.15) is 0 Å². The first kappa shape index (κ1) is 29.2. The van der Waals surface area contributed by atoms with Crippen molar-refractivity contribution < 1.29 is 0 Å². The van der Waals surface area contributed by atoms with Crippen LogP contribution in [0.5, 0.6) is 0 Å². The highest BCUT2D eigenvalue weighted by Gasteiger charge is 1.69. The minimum absolute atomic E-state index is 0.414. The van der Waals surface area contributed by atoms with Crippen molar-refractivity contribution in [1.29, 1.82) is 0 Å². The summed E-state index contributed by atoms with van der Waals surface area (Å²) < 4.78 is 0. The van der Waals surface area contributed by atoms with Crippen molar-refractivity contribution in [2.75, 3.05) is 0 Å². The van der Waals surface area contributed by atoms with Gasteiger partial charge in [0.2, 0.25) is 0 Å². The number of hydrogen-bond donors (Lipinski definition) is 0. The van der Waals surface area contributed by atoms with Crippen LogP contribution in [0.25, 0.3) is 0 Å². The van der Waals surface area contributed by atoms with E-state index in [1.54, 1.807) is 0 Å². The van der Waals surface area contributed by atoms with Crippen LogP contribution in [0.15, 0.2) is 0 Å². The third-order valence-electron chi connectivity index (χ3n) is 0.707. The molecule has 0 saturated heterocycles. The Balaban J connectivity index is -0.0000000230. The largest absolute Gasteiger partial charge is 0.0748 e. The lowest BCUT2D eigenvalue weighted by Gasteiger charge is -1.78. The van der Waals surface area contributed by atoms with Crippen LogP contribution in [0.2, 0.25) is 12.6 Å². The minimum Gasteiger partial charge on any atom is -0.0748 e. The molecular formula is C12H36Si. The fraction of sp³-hybridized carbons (Fsp3) is 1.00. The highest BCUT2D eigenvalue weighted by molar-refractivity contribution is 6.33. The standard InChI is InChI=1S/C4H12Si.4C2H6/c1-3-4-5-2;4*1-2/h3-5H2,1-2H3;4*1-2H3. The summed E-state index contributed by atoms with van der Waals surface area (Å²) in [6, 6.07) is 1.53. The van der Waals surface area contributed by atoms with E-state index in [1.807, 2.05) is 55.4 Å². The van der Waals surface area contributed by atoms with Gasteiger partial charge >= 0.3 is 0 Å². The maximum absolute atomic E-state index is 2.35. The molecule has 0 heterocycles. The van der Waals surface area contributed by atoms with Crippen LogP contribution in [-0.4, -0.2) is 9.52 Å². The van der Waals surface area contributed by atoms with Crippen LogP contribution in [0.1, 0.15) is 68.7 Å². The normalized spacial score (nSPS) is 6.00. The van der Waals surface area contributed by atoms with Gasteiger partial charge in [0.05, 0.1) is 0 Å². The first-order valence-corrected chi connectivity index (χ1v) is 8.83. The Bertz CT molecular complexity index is 12.6. The van der Waals surface area contributed by atoms with Crippen LogP contribution in [0, 0.1) is 0 Å². The van der Waals surface area contributed by atoms with Gasteiger partial charge < -0.3 is 0 Å². The summed E-state index contributed by atoms with van der Waals surface area (Å²) in [7, 11) is 0.414. The first-order valence-electron chi connectivity index (χ1n) is 6.41. The van der Waals surface area contributed by atoms with Gasteiger partial charge in [-0.1, -0.05) is 81.3 Å². The zero-order chi connectivity index (χ0) is 12.1. The molecule has 0 aromatic heterocycles. The third kappa shape index (κ3) is 259. The van der Waals surface area contributed by atoms with Crippen molar-refractivity contribution in [3.63, 3.8) is 0 Å². The lowest BCUT2D eigenvalue weighted by Crippen LogP contribution is -1.73. The Morgan fingerprint density at radius 3 is 0.923 bits per heavy atom. The van der Waals surface area contributed by atoms with Gasteiger partial charge in [-0.25, -0.2) is 0 Å². The monoisotopic (exact) mass is 208 g/mol. The molecule has 1 heteroatoms. The van der Waals surface area contributed by atoms with Crippen molar-refractivity contribution in [3.05, 3.63) is 0 Å². The topological polar surface area (TPSA) is 0 Å². The fourth-order valence-corrected chi connectivity index (χ4v) is 1.06. The van der Waals surface area contributed by atoms with Gasteiger partial charge in [-0.15, -0.1) is 0 Å². The average molecular weight is 209 g/mol. The van der Waals surface area contributed by atoms with Gasteiger partial charge in [0.25, 0.3) is 0 Å². The van der Waals surface area contributed by atoms with Crippen molar-refractivity contribution in [1.82, 2.24) is 0 Å². The van der Waals surface area contributed by atoms with E-state index < -0.39 is 0 Å². The maximum Gasteiger partial charge on any atom is 0.0166 e. The van der Waals surface area contributed by atoms with Crippen molar-refractivity contribution in [3.8, 4) is 0 Å². The van der Waals surface area contributed by atoms with E-state index in [-0.39, 0.29) is 0 Å². The van der Waals surface area contributed by atoms with E-state index in [1.165, 1.54) is 12.5 Å². The van der Waals surface area contributed by atoms with E-state index in [2.05, 4.69) is 13.5 Å². The molecule has 0 amide bonds. The summed E-state index contributed by atoms with van der Waals surface area (Å²) in [5, 5.41) is 0. The summed E-state index contributed by atoms with van der Waals surface area (Å²) in [5.41, 5.74) is 0. The molecule has 0 saturated carbocycles. The Kier molecular flexibility index (Phi) is 334. The van der Waals surface area contributed by atoms with Crippen LogP contribution in [0.3, 0.4) is 0 Å². The second-order valence-corrected chi connectivity index (χ2v) is 3.06. The second-order valence-electron chi connectivity index (χ2n) is 1.35. The summed E-state index contributed by atoms with van der Waals surface area (Å²) >= 11 is 0. The van der Waals surface area contributed by atoms with Gasteiger partial charge in [0.1, 0.15) is 0 Å². The van der Waals surface area contributed by atoms with E-state index >= 15 is 0 Å². The van der Waals surface area contributed by atoms with Crippen LogP contribution >= 0.6 is 0 Å². The molecule has 0 radical (unpaired) electrons. The Morgan fingerprint density at radius 1 is 0.692 bits per heavy atom. The van der Waals surface area contributed by atoms with Gasteiger partial charge in [0, 0.05) is 9.52 Å². The second kappa shape index (κ2) is 149. The van der Waals surface area contributed by atoms with Gasteiger partial charge in [0.15, 0.2) is 0 Å². The summed E-state index contributed by atoms with van der Waals surface area (Å²) in [5.74, 6) is 0. The van der Waals surface area contributed by atoms with Gasteiger partial charge in [-0.3, -0.25) is 0 Å². The first-order chi connectivity index (χ1) is 6.41. The molecule has 0 fully saturated rings. The van der Waals surface area contributed by atoms with Crippen LogP contribution in [-0.2, 0) is 0 Å². The molecule has 0 spiro atoms. The van der Waals surface area contributed by atoms with E-state index in [9.17, 15) is 0 Å². The molecule has 0 rings (SSSR count). The number of rotatable bonds is 2. The highest BCUT2D eigenvalue weighted by Crippen LogP contribution is 1.81. The summed E-state index contributed by atoms with van der Waals surface area (Å²) in [4.78, 5) is 0. The van der Waals surface area contributed by atoms with Crippen LogP contribution in [0.4, 0.5) is 0 Å². The Morgan fingerprint density at radius 2 is 0.923 bits per heavy atom. The fourth-order valence-electron chi connectivity index (χ4n) is 0.354. The van der Waals surface area contributed by atoms with Crippen LogP contribution < -0.4 is 0 Å². The van der Waals surface area contributed by atoms with Gasteiger partial charge in [-0.05, 0) is 0 Å². The Hall–Kier alpha value is 0.217. The molecular weight excluding hydrogens is 172 g/mol. The molecule has 0 aromatic carbocycles. The smallest absolute Gasteiger partial charge is 0.0166 e. The molecule has 0 N–H and O–H groups in total. The summed E-state index contributed by atoms with van der Waals surface area (Å²) in [6.07, 6.45) is 1.41. The average Bonchev–Trinajstić information content (AvgIpc) is 2.30. The summed E-state index contributed by atoms with van der Waals surface area (Å²) in [6.45, 7) is 20.6. The van der Waals surface area contributed by atoms with E-state index in [4.69, 9.17) is 0 Å². The molecule has 0 aliphatic rings. The minimum atomic E-state index is 0.414. The molecule has 88 valence electrons. The zero-order valence-corrected chi connectivity index (χ0v) is 13.5. The molecule has 0 bridgehead atoms. The third-order valence-corrected chi connectivity index (χ3v) is 2.12. The molecule has 0 aromatic rings. The van der Waals surface area contributed by atoms with Crippen molar-refractivity contribution in [2.45, 2.75) is 81.3 Å². The molecule has 0 atom stereocenters.